The number of carboxylic acids is 1. The molecule has 0 saturated heterocycles. The van der Waals surface area contributed by atoms with Crippen LogP contribution in [0.3, 0.4) is 0 Å². The molecule has 0 radical (unpaired) electrons. The van der Waals surface area contributed by atoms with Gasteiger partial charge in [-0.25, -0.2) is 0 Å². The van der Waals surface area contributed by atoms with E-state index in [-0.39, 0.29) is 36.9 Å². The topological polar surface area (TPSA) is 135 Å². The van der Waals surface area contributed by atoms with E-state index in [0.29, 0.717) is 6.42 Å². The lowest BCUT2D eigenvalue weighted by Gasteiger charge is -2.67. The van der Waals surface area contributed by atoms with Crippen molar-refractivity contribution in [3.63, 3.8) is 0 Å². The summed E-state index contributed by atoms with van der Waals surface area (Å²) in [6.45, 7) is 10.9. The van der Waals surface area contributed by atoms with Crippen LogP contribution in [-0.4, -0.2) is 48.9 Å². The van der Waals surface area contributed by atoms with Gasteiger partial charge in [0, 0.05) is 30.6 Å². The summed E-state index contributed by atoms with van der Waals surface area (Å²) < 4.78 is 0. The number of ketones is 1. The van der Waals surface area contributed by atoms with E-state index in [2.05, 4.69) is 0 Å². The monoisotopic (exact) mass is 414 g/mol. The maximum Gasteiger partial charge on any atom is 0.303 e. The molecule has 0 heterocycles. The molecule has 0 aromatic rings. The van der Waals surface area contributed by atoms with Crippen LogP contribution in [0.25, 0.3) is 0 Å². The number of carboxylic acid groups (broad SMARTS) is 1. The van der Waals surface area contributed by atoms with Gasteiger partial charge in [-0.05, 0) is 35.5 Å². The number of aliphatic hydroxyl groups is 4. The van der Waals surface area contributed by atoms with E-state index < -0.39 is 46.1 Å². The lowest BCUT2D eigenvalue weighted by molar-refractivity contribution is -0.448. The molecule has 0 aliphatic heterocycles. The van der Waals surface area contributed by atoms with Gasteiger partial charge >= 0.3 is 5.97 Å². The first kappa shape index (κ1) is 24.3. The summed E-state index contributed by atoms with van der Waals surface area (Å²) in [4.78, 5) is 24.9. The fraction of sp³-hybridized carbons (Fsp3) is 0.909. The summed E-state index contributed by atoms with van der Waals surface area (Å²) in [5.74, 6) is -8.83. The summed E-state index contributed by atoms with van der Waals surface area (Å²) in [5, 5.41) is 52.8. The summed E-state index contributed by atoms with van der Waals surface area (Å²) in [7, 11) is 0. The first-order valence-corrected chi connectivity index (χ1v) is 10.7. The Labute approximate surface area is 173 Å². The van der Waals surface area contributed by atoms with Crippen LogP contribution in [0.15, 0.2) is 0 Å². The van der Waals surface area contributed by atoms with Gasteiger partial charge in [-0.15, -0.1) is 0 Å². The van der Waals surface area contributed by atoms with Gasteiger partial charge in [-0.1, -0.05) is 48.0 Å². The Kier molecular flexibility index (Phi) is 6.35. The van der Waals surface area contributed by atoms with Gasteiger partial charge in [-0.3, -0.25) is 9.59 Å². The van der Waals surface area contributed by atoms with Crippen molar-refractivity contribution in [1.82, 2.24) is 0 Å². The molecule has 2 aliphatic carbocycles. The van der Waals surface area contributed by atoms with Gasteiger partial charge in [-0.2, -0.15) is 0 Å². The zero-order valence-electron chi connectivity index (χ0n) is 18.5. The van der Waals surface area contributed by atoms with Gasteiger partial charge in [0.1, 0.15) is 5.78 Å². The highest BCUT2D eigenvalue weighted by molar-refractivity contribution is 5.83. The van der Waals surface area contributed by atoms with Crippen molar-refractivity contribution in [1.29, 1.82) is 0 Å². The van der Waals surface area contributed by atoms with Crippen LogP contribution in [0, 0.1) is 40.4 Å². The van der Waals surface area contributed by atoms with E-state index in [0.717, 1.165) is 6.42 Å². The molecule has 1 unspecified atom stereocenters. The number of Topliss-reactive ketones (excluding diaryl/α,β-unsaturated/α-hetero) is 1. The fourth-order valence-electron chi connectivity index (χ4n) is 6.44. The summed E-state index contributed by atoms with van der Waals surface area (Å²) in [5.41, 5.74) is -2.27. The second kappa shape index (κ2) is 7.59. The van der Waals surface area contributed by atoms with Crippen molar-refractivity contribution in [2.75, 3.05) is 0 Å². The maximum absolute atomic E-state index is 13.4. The second-order valence-corrected chi connectivity index (χ2v) is 10.6. The highest BCUT2D eigenvalue weighted by Gasteiger charge is 2.74. The van der Waals surface area contributed by atoms with E-state index >= 15 is 0 Å². The molecule has 0 amide bonds. The minimum Gasteiger partial charge on any atom is -0.481 e. The average Bonchev–Trinajstić information content (AvgIpc) is 2.54. The van der Waals surface area contributed by atoms with Crippen LogP contribution in [0.4, 0.5) is 0 Å². The average molecular weight is 415 g/mol. The number of rotatable bonds is 6. The minimum absolute atomic E-state index is 0.0907. The van der Waals surface area contributed by atoms with Crippen molar-refractivity contribution in [3.05, 3.63) is 0 Å². The number of hydrogen-bond donors (Lipinski definition) is 5. The highest BCUT2D eigenvalue weighted by Crippen LogP contribution is 2.67. The van der Waals surface area contributed by atoms with Crippen LogP contribution in [0.1, 0.15) is 73.6 Å². The van der Waals surface area contributed by atoms with Gasteiger partial charge in [0.25, 0.3) is 0 Å². The largest absolute Gasteiger partial charge is 0.481 e. The SMILES string of the molecule is CC[C@@H](C)CC(=O)[C@H]1[C@@H](C)C(CC(=O)O)C[C@H]2C(C)(C)CC(O)(O)C(O)(O)[C@]12C. The zero-order valence-corrected chi connectivity index (χ0v) is 18.5. The van der Waals surface area contributed by atoms with Crippen LogP contribution in [0.5, 0.6) is 0 Å². The Morgan fingerprint density at radius 3 is 2.14 bits per heavy atom. The van der Waals surface area contributed by atoms with Crippen LogP contribution in [-0.2, 0) is 9.59 Å². The van der Waals surface area contributed by atoms with Crippen LogP contribution < -0.4 is 0 Å². The van der Waals surface area contributed by atoms with Gasteiger partial charge < -0.3 is 25.5 Å². The quantitative estimate of drug-likeness (QED) is 0.420. The number of carbonyl (C=O) groups excluding carboxylic acids is 1. The second-order valence-electron chi connectivity index (χ2n) is 10.6. The van der Waals surface area contributed by atoms with Gasteiger partial charge in [0.05, 0.1) is 0 Å². The Morgan fingerprint density at radius 1 is 1.10 bits per heavy atom. The smallest absolute Gasteiger partial charge is 0.303 e. The predicted octanol–water partition coefficient (Wildman–Crippen LogP) is 2.15. The van der Waals surface area contributed by atoms with Crippen LogP contribution in [0.2, 0.25) is 0 Å². The molecule has 0 bridgehead atoms. The molecular formula is C22H38O7. The zero-order chi connectivity index (χ0) is 22.6. The first-order valence-electron chi connectivity index (χ1n) is 10.7. The molecule has 0 spiro atoms. The summed E-state index contributed by atoms with van der Waals surface area (Å²) >= 11 is 0. The van der Waals surface area contributed by atoms with Gasteiger partial charge in [0.2, 0.25) is 11.6 Å². The molecule has 2 rings (SSSR count). The minimum atomic E-state index is -2.90. The molecule has 2 fully saturated rings. The predicted molar refractivity (Wildman–Crippen MR) is 106 cm³/mol. The third-order valence-corrected chi connectivity index (χ3v) is 8.16. The molecule has 2 saturated carbocycles. The fourth-order valence-corrected chi connectivity index (χ4v) is 6.44. The lowest BCUT2D eigenvalue weighted by Crippen LogP contribution is -2.76. The van der Waals surface area contributed by atoms with E-state index in [4.69, 9.17) is 0 Å². The molecule has 5 N–H and O–H groups in total. The number of fused-ring (bicyclic) bond motifs is 1. The van der Waals surface area contributed by atoms with Crippen LogP contribution >= 0.6 is 0 Å². The molecule has 6 atom stereocenters. The third kappa shape index (κ3) is 3.75. The van der Waals surface area contributed by atoms with Crippen molar-refractivity contribution in [3.8, 4) is 0 Å². The number of hydrogen-bond acceptors (Lipinski definition) is 6. The Bertz CT molecular complexity index is 654. The molecule has 0 aromatic heterocycles. The molecular weight excluding hydrogens is 376 g/mol. The van der Waals surface area contributed by atoms with Crippen molar-refractivity contribution in [2.24, 2.45) is 40.4 Å². The molecule has 7 nitrogen and oxygen atoms in total. The Balaban J connectivity index is 2.66. The maximum atomic E-state index is 13.4. The molecule has 168 valence electrons. The third-order valence-electron chi connectivity index (χ3n) is 8.16. The normalized spacial score (nSPS) is 38.7. The van der Waals surface area contributed by atoms with Gasteiger partial charge in [0.15, 0.2) is 0 Å². The van der Waals surface area contributed by atoms with E-state index in [9.17, 15) is 35.1 Å². The standard InChI is InChI=1S/C22H38O7/c1-7-12(2)8-15(23)18-13(3)14(10-17(24)25)9-16-19(4,5)11-21(26,27)22(28,29)20(16,18)6/h12-14,16,18,26-29H,7-11H2,1-6H3,(H,24,25)/t12-,13+,14?,16+,18-,20+/m1/s1. The number of carbonyl (C=O) groups is 2. The Hall–Kier alpha value is -1.02. The van der Waals surface area contributed by atoms with E-state index in [1.165, 1.54) is 0 Å². The van der Waals surface area contributed by atoms with E-state index in [1.54, 1.807) is 13.8 Å². The molecule has 0 aromatic carbocycles. The first-order chi connectivity index (χ1) is 13.0. The van der Waals surface area contributed by atoms with Crippen molar-refractivity contribution >= 4 is 11.8 Å². The lowest BCUT2D eigenvalue weighted by atomic mass is 9.40. The highest BCUT2D eigenvalue weighted by atomic mass is 16.6. The summed E-state index contributed by atoms with van der Waals surface area (Å²) in [6.07, 6.45) is 0.999. The molecule has 29 heavy (non-hydrogen) atoms. The Morgan fingerprint density at radius 2 is 1.66 bits per heavy atom. The summed E-state index contributed by atoms with van der Waals surface area (Å²) in [6, 6.07) is 0. The van der Waals surface area contributed by atoms with Crippen molar-refractivity contribution in [2.45, 2.75) is 85.2 Å². The molecule has 2 aliphatic rings. The number of aliphatic carboxylic acids is 1. The molecule has 7 heteroatoms. The van der Waals surface area contributed by atoms with E-state index in [1.807, 2.05) is 27.7 Å². The van der Waals surface area contributed by atoms with Crippen molar-refractivity contribution < 1.29 is 35.1 Å².